The van der Waals surface area contributed by atoms with Gasteiger partial charge < -0.3 is 14.6 Å². The molecule has 0 aliphatic heterocycles. The molecular formula is C28H30F2N2O5S. The molecule has 7 nitrogen and oxygen atoms in total. The number of benzene rings is 2. The predicted molar refractivity (Wildman–Crippen MR) is 144 cm³/mol. The lowest BCUT2D eigenvalue weighted by Crippen LogP contribution is -2.14. The zero-order chi connectivity index (χ0) is 28.2. The van der Waals surface area contributed by atoms with Gasteiger partial charge in [0.2, 0.25) is 0 Å². The molecule has 0 saturated carbocycles. The highest BCUT2D eigenvalue weighted by atomic mass is 32.1. The summed E-state index contributed by atoms with van der Waals surface area (Å²) in [6, 6.07) is 7.37. The van der Waals surface area contributed by atoms with E-state index in [2.05, 4.69) is 31.1 Å². The van der Waals surface area contributed by atoms with Crippen LogP contribution in [0.25, 0.3) is 17.3 Å². The van der Waals surface area contributed by atoms with Gasteiger partial charge in [-0.1, -0.05) is 32.9 Å². The molecule has 1 heterocycles. The number of carboxylic acid groups (broad SMARTS) is 1. The number of carboxylic acids is 1. The second kappa shape index (κ2) is 11.8. The summed E-state index contributed by atoms with van der Waals surface area (Å²) >= 11 is 1.15. The Bertz CT molecular complexity index is 1350. The van der Waals surface area contributed by atoms with Crippen molar-refractivity contribution in [3.8, 4) is 17.0 Å². The van der Waals surface area contributed by atoms with E-state index in [0.717, 1.165) is 41.5 Å². The molecule has 1 amide bonds. The Hall–Kier alpha value is -3.63. The molecular weight excluding hydrogens is 514 g/mol. The maximum absolute atomic E-state index is 14.5. The number of aromatic nitrogens is 1. The number of nitrogens with zero attached hydrogens (tertiary/aromatic N) is 1. The lowest BCUT2D eigenvalue weighted by molar-refractivity contribution is -0.132. The second-order valence-corrected chi connectivity index (χ2v) is 10.8. The van der Waals surface area contributed by atoms with E-state index in [9.17, 15) is 18.4 Å². The molecule has 1 aromatic heterocycles. The third kappa shape index (κ3) is 6.81. The summed E-state index contributed by atoms with van der Waals surface area (Å²) in [5, 5.41) is 13.5. The summed E-state index contributed by atoms with van der Waals surface area (Å²) < 4.78 is 40.5. The number of para-hydroxylation sites is 1. The summed E-state index contributed by atoms with van der Waals surface area (Å²) in [6.07, 6.45) is 1.43. The van der Waals surface area contributed by atoms with E-state index >= 15 is 0 Å². The lowest BCUT2D eigenvalue weighted by Gasteiger charge is -2.27. The molecule has 3 rings (SSSR count). The van der Waals surface area contributed by atoms with E-state index < -0.39 is 29.1 Å². The first kappa shape index (κ1) is 28.9. The van der Waals surface area contributed by atoms with Gasteiger partial charge in [0, 0.05) is 40.3 Å². The fourth-order valence-corrected chi connectivity index (χ4v) is 4.58. The molecule has 0 bridgehead atoms. The van der Waals surface area contributed by atoms with Crippen molar-refractivity contribution >= 4 is 34.4 Å². The fourth-order valence-electron chi connectivity index (χ4n) is 3.87. The molecule has 10 heteroatoms. The largest absolute Gasteiger partial charge is 0.496 e. The molecule has 0 aliphatic rings. The van der Waals surface area contributed by atoms with Crippen molar-refractivity contribution in [3.05, 3.63) is 69.6 Å². The van der Waals surface area contributed by atoms with E-state index in [0.29, 0.717) is 17.0 Å². The first-order valence-electron chi connectivity index (χ1n) is 11.7. The van der Waals surface area contributed by atoms with Gasteiger partial charge in [-0.25, -0.2) is 18.6 Å². The Morgan fingerprint density at radius 3 is 2.39 bits per heavy atom. The molecule has 3 aromatic rings. The Labute approximate surface area is 224 Å². The molecule has 0 spiro atoms. The molecule has 1 atom stereocenters. The number of carbonyl (C=O) groups excluding carboxylic acids is 1. The Morgan fingerprint density at radius 2 is 1.84 bits per heavy atom. The summed E-state index contributed by atoms with van der Waals surface area (Å²) in [7, 11) is 3.22. The van der Waals surface area contributed by atoms with Gasteiger partial charge >= 0.3 is 5.97 Å². The number of anilines is 1. The zero-order valence-corrected chi connectivity index (χ0v) is 22.8. The van der Waals surface area contributed by atoms with Gasteiger partial charge in [0.1, 0.15) is 17.4 Å². The van der Waals surface area contributed by atoms with Crippen LogP contribution in [-0.4, -0.2) is 36.2 Å². The highest BCUT2D eigenvalue weighted by Crippen LogP contribution is 2.41. The van der Waals surface area contributed by atoms with Gasteiger partial charge in [0.05, 0.1) is 18.9 Å². The number of rotatable bonds is 9. The molecule has 0 fully saturated rings. The number of nitrogens with one attached hydrogen (secondary N) is 1. The quantitative estimate of drug-likeness (QED) is 0.283. The third-order valence-electron chi connectivity index (χ3n) is 5.72. The third-order valence-corrected chi connectivity index (χ3v) is 6.48. The summed E-state index contributed by atoms with van der Waals surface area (Å²) in [6.45, 7) is 7.60. The van der Waals surface area contributed by atoms with Crippen LogP contribution in [0.1, 0.15) is 61.7 Å². The summed E-state index contributed by atoms with van der Waals surface area (Å²) in [5.41, 5.74) is 1.10. The first-order chi connectivity index (χ1) is 17.8. The minimum absolute atomic E-state index is 0.0162. The SMILES string of the molecule is COc1c(-c2csc(NC(=O)c3cc(F)c(C=C(C)C(=O)O)c(F)c3)n2)cccc1C(CC(C)(C)C)OC. The van der Waals surface area contributed by atoms with Crippen molar-refractivity contribution in [3.63, 3.8) is 0 Å². The summed E-state index contributed by atoms with van der Waals surface area (Å²) in [4.78, 5) is 28.2. The molecule has 0 aliphatic carbocycles. The maximum Gasteiger partial charge on any atom is 0.331 e. The monoisotopic (exact) mass is 544 g/mol. The van der Waals surface area contributed by atoms with Gasteiger partial charge in [0.25, 0.3) is 5.91 Å². The van der Waals surface area contributed by atoms with Crippen LogP contribution in [0.4, 0.5) is 13.9 Å². The van der Waals surface area contributed by atoms with Gasteiger partial charge in [0.15, 0.2) is 5.13 Å². The smallest absolute Gasteiger partial charge is 0.331 e. The van der Waals surface area contributed by atoms with Crippen LogP contribution in [0.3, 0.4) is 0 Å². The summed E-state index contributed by atoms with van der Waals surface area (Å²) in [5.74, 6) is -3.57. The number of ether oxygens (including phenoxy) is 2. The minimum atomic E-state index is -1.31. The number of aliphatic carboxylic acids is 1. The number of thiazole rings is 1. The Balaban J connectivity index is 1.87. The van der Waals surface area contributed by atoms with E-state index in [1.54, 1.807) is 19.6 Å². The number of hydrogen-bond acceptors (Lipinski definition) is 6. The number of hydrogen-bond donors (Lipinski definition) is 2. The van der Waals surface area contributed by atoms with Gasteiger partial charge in [-0.05, 0) is 43.0 Å². The van der Waals surface area contributed by atoms with Gasteiger partial charge in [-0.2, -0.15) is 0 Å². The Kier molecular flexibility index (Phi) is 9.01. The maximum atomic E-state index is 14.5. The fraction of sp³-hybridized carbons (Fsp3) is 0.321. The number of methoxy groups -OCH3 is 2. The zero-order valence-electron chi connectivity index (χ0n) is 22.0. The average Bonchev–Trinajstić information content (AvgIpc) is 3.31. The van der Waals surface area contributed by atoms with Crippen LogP contribution in [0, 0.1) is 17.0 Å². The normalized spacial score (nSPS) is 12.8. The topological polar surface area (TPSA) is 97.8 Å². The van der Waals surface area contributed by atoms with E-state index in [4.69, 9.17) is 14.6 Å². The number of halogens is 2. The standard InChI is InChI=1S/C28H30F2N2O5S/c1-15(26(34)35)10-19-20(29)11-16(12-21(19)30)25(33)32-27-31-22(14-38-27)17-8-7-9-18(24(17)37-6)23(36-5)13-28(2,3)4/h7-12,14,23H,13H2,1-6H3,(H,34,35)(H,31,32,33). The molecule has 2 aromatic carbocycles. The minimum Gasteiger partial charge on any atom is -0.496 e. The molecule has 0 saturated heterocycles. The highest BCUT2D eigenvalue weighted by molar-refractivity contribution is 7.14. The van der Waals surface area contributed by atoms with Crippen molar-refractivity contribution in [2.45, 2.75) is 40.2 Å². The number of amides is 1. The number of carbonyl (C=O) groups is 2. The van der Waals surface area contributed by atoms with Crippen molar-refractivity contribution in [1.29, 1.82) is 0 Å². The van der Waals surface area contributed by atoms with Crippen molar-refractivity contribution in [1.82, 2.24) is 4.98 Å². The molecule has 38 heavy (non-hydrogen) atoms. The highest BCUT2D eigenvalue weighted by Gasteiger charge is 2.25. The first-order valence-corrected chi connectivity index (χ1v) is 12.6. The van der Waals surface area contributed by atoms with Crippen LogP contribution in [0.2, 0.25) is 0 Å². The predicted octanol–water partition coefficient (Wildman–Crippen LogP) is 6.96. The molecule has 202 valence electrons. The average molecular weight is 545 g/mol. The van der Waals surface area contributed by atoms with Crippen LogP contribution < -0.4 is 10.1 Å². The molecule has 2 N–H and O–H groups in total. The lowest BCUT2D eigenvalue weighted by atomic mass is 9.86. The van der Waals surface area contributed by atoms with E-state index in [1.165, 1.54) is 6.92 Å². The molecule has 1 unspecified atom stereocenters. The second-order valence-electron chi connectivity index (χ2n) is 9.90. The Morgan fingerprint density at radius 1 is 1.18 bits per heavy atom. The van der Waals surface area contributed by atoms with Crippen LogP contribution in [0.5, 0.6) is 5.75 Å². The van der Waals surface area contributed by atoms with Crippen LogP contribution in [0.15, 0.2) is 41.3 Å². The van der Waals surface area contributed by atoms with E-state index in [-0.39, 0.29) is 27.8 Å². The molecule has 0 radical (unpaired) electrons. The van der Waals surface area contributed by atoms with Crippen molar-refractivity contribution in [2.75, 3.05) is 19.5 Å². The van der Waals surface area contributed by atoms with Crippen molar-refractivity contribution < 1.29 is 33.0 Å². The van der Waals surface area contributed by atoms with E-state index in [1.807, 2.05) is 18.2 Å². The van der Waals surface area contributed by atoms with Gasteiger partial charge in [-0.3, -0.25) is 10.1 Å². The van der Waals surface area contributed by atoms with Gasteiger partial charge in [-0.15, -0.1) is 11.3 Å². The van der Waals surface area contributed by atoms with Crippen molar-refractivity contribution in [2.24, 2.45) is 5.41 Å². The van der Waals surface area contributed by atoms with Crippen LogP contribution in [-0.2, 0) is 9.53 Å². The van der Waals surface area contributed by atoms with Crippen LogP contribution >= 0.6 is 11.3 Å².